The highest BCUT2D eigenvalue weighted by Gasteiger charge is 2.46. The highest BCUT2D eigenvalue weighted by Crippen LogP contribution is 2.42. The lowest BCUT2D eigenvalue weighted by Crippen LogP contribution is -2.52. The molecule has 4 aromatic carbocycles. The Bertz CT molecular complexity index is 3470. The van der Waals surface area contributed by atoms with Gasteiger partial charge in [0, 0.05) is 50.8 Å². The van der Waals surface area contributed by atoms with Crippen LogP contribution in [0.3, 0.4) is 0 Å². The molecule has 0 bridgehead atoms. The molecule has 6 aromatic rings. The Morgan fingerprint density at radius 1 is 0.522 bits per heavy atom. The van der Waals surface area contributed by atoms with Gasteiger partial charge in [-0.25, -0.2) is 29.1 Å². The highest BCUT2D eigenvalue weighted by molar-refractivity contribution is 5.88. The van der Waals surface area contributed by atoms with Gasteiger partial charge in [-0.2, -0.15) is 0 Å². The van der Waals surface area contributed by atoms with Gasteiger partial charge in [0.2, 0.25) is 25.4 Å². The van der Waals surface area contributed by atoms with Gasteiger partial charge < -0.3 is 68.3 Å². The Hall–Kier alpha value is -9.48. The SMILES string of the molecule is CC(C)[C@H](NC(=O)OC1CCCC1)C(=O)N1C[C@H](OC(=O)N2Cc3cc4c(cc3C2)OCO4)CC1c1ncc(-c2ccc(-c3ccc(-c4c[nH]c([C@@H]5C[C@@H](OC(=O)N6Cc7cc8c(cc7C6)OCO8)CN5C(=O)[C@@H](NC(=O)OC5CCCC5)C(C)C)n4)cc3)cc2)[nH]1. The van der Waals surface area contributed by atoms with Gasteiger partial charge in [0.05, 0.1) is 42.8 Å². The van der Waals surface area contributed by atoms with E-state index in [9.17, 15) is 28.8 Å². The lowest BCUT2D eigenvalue weighted by molar-refractivity contribution is -0.136. The van der Waals surface area contributed by atoms with E-state index in [-0.39, 0.29) is 75.4 Å². The van der Waals surface area contributed by atoms with E-state index in [1.807, 2.05) is 100 Å². The molecule has 24 heteroatoms. The number of aromatic nitrogens is 4. The van der Waals surface area contributed by atoms with Crippen molar-refractivity contribution in [1.29, 1.82) is 0 Å². The summed E-state index contributed by atoms with van der Waals surface area (Å²) in [6.07, 6.45) is 7.19. The number of hydrogen-bond acceptors (Lipinski definition) is 16. The number of nitrogens with zero attached hydrogens (tertiary/aromatic N) is 6. The Morgan fingerprint density at radius 2 is 0.924 bits per heavy atom. The molecule has 0 radical (unpaired) electrons. The molecular weight excluding hydrogens is 1180 g/mol. The number of alkyl carbamates (subject to hydrolysis) is 2. The number of carbonyl (C=O) groups is 6. The first-order valence-corrected chi connectivity index (χ1v) is 32.2. The molecule has 482 valence electrons. The van der Waals surface area contributed by atoms with Gasteiger partial charge in [-0.3, -0.25) is 19.4 Å². The van der Waals surface area contributed by atoms with Gasteiger partial charge in [0.15, 0.2) is 23.0 Å². The number of amides is 6. The van der Waals surface area contributed by atoms with Crippen molar-refractivity contribution in [3.05, 3.63) is 119 Å². The zero-order chi connectivity index (χ0) is 63.3. The minimum Gasteiger partial charge on any atom is -0.454 e. The van der Waals surface area contributed by atoms with Crippen molar-refractivity contribution in [3.8, 4) is 56.6 Å². The maximum absolute atomic E-state index is 14.7. The van der Waals surface area contributed by atoms with Crippen LogP contribution in [-0.2, 0) is 54.7 Å². The lowest BCUT2D eigenvalue weighted by Gasteiger charge is -2.30. The fraction of sp³-hybridized carbons (Fsp3) is 0.471. The molecule has 14 rings (SSSR count). The molecule has 24 nitrogen and oxygen atoms in total. The summed E-state index contributed by atoms with van der Waals surface area (Å²) in [5.74, 6) is 2.35. The number of fused-ring (bicyclic) bond motifs is 4. The van der Waals surface area contributed by atoms with Crippen molar-refractivity contribution in [1.82, 2.24) is 50.2 Å². The second-order valence-corrected chi connectivity index (χ2v) is 26.0. The molecule has 0 spiro atoms. The average Bonchev–Trinajstić information content (AvgIpc) is 1.69. The number of likely N-dealkylation sites (tertiary alicyclic amines) is 2. The van der Waals surface area contributed by atoms with Crippen LogP contribution in [0.25, 0.3) is 33.6 Å². The van der Waals surface area contributed by atoms with Gasteiger partial charge in [0.25, 0.3) is 0 Å². The Kier molecular flexibility index (Phi) is 16.5. The molecular formula is C68H76N10O14. The molecule has 1 unspecified atom stereocenters. The molecule has 8 heterocycles. The predicted octanol–water partition coefficient (Wildman–Crippen LogP) is 10.6. The van der Waals surface area contributed by atoms with Crippen LogP contribution in [0.15, 0.2) is 85.2 Å². The number of rotatable bonds is 15. The molecule has 92 heavy (non-hydrogen) atoms. The number of H-pyrrole nitrogens is 2. The zero-order valence-corrected chi connectivity index (χ0v) is 52.0. The second-order valence-electron chi connectivity index (χ2n) is 26.0. The summed E-state index contributed by atoms with van der Waals surface area (Å²) in [4.78, 5) is 107. The molecule has 4 fully saturated rings. The van der Waals surface area contributed by atoms with Crippen molar-refractivity contribution in [2.24, 2.45) is 11.8 Å². The van der Waals surface area contributed by atoms with Crippen molar-refractivity contribution >= 4 is 36.2 Å². The van der Waals surface area contributed by atoms with E-state index in [0.717, 1.165) is 95.9 Å². The summed E-state index contributed by atoms with van der Waals surface area (Å²) in [5, 5.41) is 5.74. The van der Waals surface area contributed by atoms with Gasteiger partial charge in [-0.15, -0.1) is 0 Å². The third kappa shape index (κ3) is 12.4. The summed E-state index contributed by atoms with van der Waals surface area (Å²) in [6.45, 7) is 9.34. The number of imidazole rings is 2. The number of aromatic amines is 2. The summed E-state index contributed by atoms with van der Waals surface area (Å²) >= 11 is 0. The van der Waals surface area contributed by atoms with Gasteiger partial charge in [0.1, 0.15) is 48.1 Å². The van der Waals surface area contributed by atoms with Crippen LogP contribution < -0.4 is 29.6 Å². The monoisotopic (exact) mass is 1260 g/mol. The Balaban J connectivity index is 0.653. The smallest absolute Gasteiger partial charge is 0.410 e. The van der Waals surface area contributed by atoms with Gasteiger partial charge >= 0.3 is 24.4 Å². The number of carbonyl (C=O) groups excluding carboxylic acids is 6. The minimum absolute atomic E-state index is 0.0849. The maximum atomic E-state index is 14.7. The van der Waals surface area contributed by atoms with Crippen LogP contribution in [0, 0.1) is 11.8 Å². The molecule has 6 aliphatic heterocycles. The largest absolute Gasteiger partial charge is 0.454 e. The minimum atomic E-state index is -0.914. The van der Waals surface area contributed by atoms with Crippen LogP contribution in [-0.4, -0.2) is 139 Å². The topological polar surface area (TPSA) is 271 Å². The molecule has 2 aromatic heterocycles. The molecule has 2 saturated heterocycles. The molecule has 2 aliphatic carbocycles. The maximum Gasteiger partial charge on any atom is 0.410 e. The number of ether oxygens (including phenoxy) is 8. The lowest BCUT2D eigenvalue weighted by atomic mass is 10.0. The van der Waals surface area contributed by atoms with E-state index in [1.165, 1.54) is 0 Å². The van der Waals surface area contributed by atoms with E-state index in [4.69, 9.17) is 47.9 Å². The Morgan fingerprint density at radius 3 is 1.35 bits per heavy atom. The fourth-order valence-corrected chi connectivity index (χ4v) is 14.0. The van der Waals surface area contributed by atoms with E-state index in [1.54, 1.807) is 32.0 Å². The third-order valence-corrected chi connectivity index (χ3v) is 19.1. The molecule has 6 amide bonds. The van der Waals surface area contributed by atoms with Crippen molar-refractivity contribution in [3.63, 3.8) is 0 Å². The van der Waals surface area contributed by atoms with Crippen LogP contribution in [0.2, 0.25) is 0 Å². The van der Waals surface area contributed by atoms with Crippen LogP contribution >= 0.6 is 0 Å². The molecule has 2 saturated carbocycles. The number of hydrogen-bond donors (Lipinski definition) is 4. The van der Waals surface area contributed by atoms with Crippen LogP contribution in [0.4, 0.5) is 19.2 Å². The highest BCUT2D eigenvalue weighted by atomic mass is 16.7. The van der Waals surface area contributed by atoms with E-state index < -0.39 is 60.7 Å². The standard InChI is InChI=1S/C68H76N10O14/c1-37(2)59(73-65(81)89-47-9-5-6-10-47)63(79)77-33-49(91-67(83)75-29-43-21-55-56(86-35-85-55)22-44(43)30-75)25-53(77)61-69-27-51(71-61)41-17-13-39(14-18-41)40-15-19-42(20-16-40)52-28-70-62(72-52)54-26-50(92-68(84)76-31-45-23-57-58(88-36-87-57)24-46(45)32-76)34-78(54)64(80)60(38(3)4)74-66(82)90-48-11-7-8-12-48/h13-24,27-28,37-38,47-50,53-54,59-60H,5-12,25-26,29-36H2,1-4H3,(H,69,71)(H,70,72)(H,73,81)(H,74,82)/t49-,50-,53+,54?,59+,60+/m1/s1. The van der Waals surface area contributed by atoms with E-state index >= 15 is 0 Å². The molecule has 6 atom stereocenters. The first kappa shape index (κ1) is 60.1. The zero-order valence-electron chi connectivity index (χ0n) is 52.0. The van der Waals surface area contributed by atoms with Crippen molar-refractivity contribution < 1.29 is 66.7 Å². The van der Waals surface area contributed by atoms with Crippen LogP contribution in [0.1, 0.15) is 138 Å². The fourth-order valence-electron chi connectivity index (χ4n) is 14.0. The first-order chi connectivity index (χ1) is 44.6. The third-order valence-electron chi connectivity index (χ3n) is 19.1. The first-order valence-electron chi connectivity index (χ1n) is 32.2. The molecule has 4 N–H and O–H groups in total. The number of nitrogens with one attached hydrogen (secondary N) is 4. The van der Waals surface area contributed by atoms with E-state index in [0.29, 0.717) is 72.2 Å². The number of benzene rings is 4. The Labute approximate surface area is 531 Å². The molecule has 8 aliphatic rings. The quantitative estimate of drug-likeness (QED) is 0.0696. The van der Waals surface area contributed by atoms with Crippen molar-refractivity contribution in [2.75, 3.05) is 26.7 Å². The van der Waals surface area contributed by atoms with E-state index in [2.05, 4.69) is 20.6 Å². The second kappa shape index (κ2) is 25.3. The van der Waals surface area contributed by atoms with Crippen molar-refractivity contribution in [2.45, 2.75) is 167 Å². The summed E-state index contributed by atoms with van der Waals surface area (Å²) in [6, 6.07) is 20.6. The van der Waals surface area contributed by atoms with Gasteiger partial charge in [-0.1, -0.05) is 76.2 Å². The summed E-state index contributed by atoms with van der Waals surface area (Å²) < 4.78 is 46.2. The normalized spacial score (nSPS) is 21.2. The summed E-state index contributed by atoms with van der Waals surface area (Å²) in [5.41, 5.74) is 8.76. The summed E-state index contributed by atoms with van der Waals surface area (Å²) in [7, 11) is 0. The predicted molar refractivity (Wildman–Crippen MR) is 330 cm³/mol. The van der Waals surface area contributed by atoms with Gasteiger partial charge in [-0.05, 0) is 126 Å². The average molecular weight is 1260 g/mol. The van der Waals surface area contributed by atoms with Crippen LogP contribution in [0.5, 0.6) is 23.0 Å².